The summed E-state index contributed by atoms with van der Waals surface area (Å²) < 4.78 is 23.4. The second kappa shape index (κ2) is 3.84. The predicted octanol–water partition coefficient (Wildman–Crippen LogP) is 1.13. The Morgan fingerprint density at radius 2 is 2.17 bits per heavy atom. The monoisotopic (exact) mass is 263 g/mol. The third-order valence-electron chi connectivity index (χ3n) is 3.14. The van der Waals surface area contributed by atoms with E-state index in [1.165, 1.54) is 0 Å². The van der Waals surface area contributed by atoms with Gasteiger partial charge in [0.05, 0.1) is 17.2 Å². The van der Waals surface area contributed by atoms with Gasteiger partial charge in [0.25, 0.3) is 0 Å². The molecule has 0 aliphatic carbocycles. The number of benzene rings is 1. The van der Waals surface area contributed by atoms with Crippen molar-refractivity contribution in [3.63, 3.8) is 0 Å². The Labute approximate surface area is 105 Å². The van der Waals surface area contributed by atoms with Crippen LogP contribution in [-0.2, 0) is 22.0 Å². The SMILES string of the molecule is Nc1cccc(-c2n[nH]c3c2CS(=O)(=O)CC3)c1. The largest absolute Gasteiger partial charge is 0.399 e. The summed E-state index contributed by atoms with van der Waals surface area (Å²) in [7, 11) is -3.00. The fraction of sp³-hybridized carbons (Fsp3) is 0.250. The van der Waals surface area contributed by atoms with Gasteiger partial charge in [0.15, 0.2) is 9.84 Å². The number of anilines is 1. The summed E-state index contributed by atoms with van der Waals surface area (Å²) in [4.78, 5) is 0. The van der Waals surface area contributed by atoms with Gasteiger partial charge < -0.3 is 5.73 Å². The zero-order valence-electron chi connectivity index (χ0n) is 9.68. The van der Waals surface area contributed by atoms with E-state index >= 15 is 0 Å². The molecule has 1 aliphatic heterocycles. The lowest BCUT2D eigenvalue weighted by Crippen LogP contribution is -2.18. The van der Waals surface area contributed by atoms with Crippen molar-refractivity contribution in [2.75, 3.05) is 11.5 Å². The van der Waals surface area contributed by atoms with Gasteiger partial charge in [0.1, 0.15) is 0 Å². The number of aromatic nitrogens is 2. The molecule has 0 saturated carbocycles. The van der Waals surface area contributed by atoms with Crippen molar-refractivity contribution in [3.05, 3.63) is 35.5 Å². The molecule has 2 heterocycles. The van der Waals surface area contributed by atoms with Crippen LogP contribution in [0.25, 0.3) is 11.3 Å². The molecule has 18 heavy (non-hydrogen) atoms. The van der Waals surface area contributed by atoms with E-state index in [0.29, 0.717) is 17.8 Å². The van der Waals surface area contributed by atoms with E-state index in [2.05, 4.69) is 10.2 Å². The molecule has 0 bridgehead atoms. The van der Waals surface area contributed by atoms with Gasteiger partial charge in [-0.3, -0.25) is 5.10 Å². The number of H-pyrrole nitrogens is 1. The summed E-state index contributed by atoms with van der Waals surface area (Å²) in [5.74, 6) is 0.252. The smallest absolute Gasteiger partial charge is 0.154 e. The van der Waals surface area contributed by atoms with Gasteiger partial charge >= 0.3 is 0 Å². The van der Waals surface area contributed by atoms with Gasteiger partial charge in [0, 0.05) is 28.9 Å². The predicted molar refractivity (Wildman–Crippen MR) is 69.6 cm³/mol. The van der Waals surface area contributed by atoms with E-state index in [1.54, 1.807) is 12.1 Å². The van der Waals surface area contributed by atoms with Crippen molar-refractivity contribution in [2.45, 2.75) is 12.2 Å². The van der Waals surface area contributed by atoms with E-state index in [4.69, 9.17) is 5.73 Å². The normalized spacial score (nSPS) is 17.3. The molecule has 0 radical (unpaired) electrons. The summed E-state index contributed by atoms with van der Waals surface area (Å²) in [6.07, 6.45) is 0.507. The lowest BCUT2D eigenvalue weighted by Gasteiger charge is -2.12. The Morgan fingerprint density at radius 3 is 2.94 bits per heavy atom. The molecule has 3 rings (SSSR count). The van der Waals surface area contributed by atoms with Crippen LogP contribution in [0.5, 0.6) is 0 Å². The fourth-order valence-electron chi connectivity index (χ4n) is 2.24. The third kappa shape index (κ3) is 1.88. The van der Waals surface area contributed by atoms with Crippen molar-refractivity contribution in [1.82, 2.24) is 10.2 Å². The molecule has 94 valence electrons. The molecule has 3 N–H and O–H groups in total. The number of nitrogens with zero attached hydrogens (tertiary/aromatic N) is 1. The van der Waals surface area contributed by atoms with Gasteiger partial charge in [-0.25, -0.2) is 8.42 Å². The van der Waals surface area contributed by atoms with Crippen molar-refractivity contribution in [1.29, 1.82) is 0 Å². The maximum Gasteiger partial charge on any atom is 0.154 e. The first-order chi connectivity index (χ1) is 8.55. The number of sulfone groups is 1. The van der Waals surface area contributed by atoms with Crippen molar-refractivity contribution in [3.8, 4) is 11.3 Å². The lowest BCUT2D eigenvalue weighted by atomic mass is 10.1. The number of hydrogen-bond donors (Lipinski definition) is 2. The molecule has 1 aromatic heterocycles. The van der Waals surface area contributed by atoms with Gasteiger partial charge in [-0.1, -0.05) is 12.1 Å². The molecule has 0 spiro atoms. The molecule has 0 saturated heterocycles. The molecule has 1 aliphatic rings. The van der Waals surface area contributed by atoms with Crippen LogP contribution in [0.15, 0.2) is 24.3 Å². The number of nitrogen functional groups attached to an aromatic ring is 1. The molecule has 5 nitrogen and oxygen atoms in total. The number of fused-ring (bicyclic) bond motifs is 1. The van der Waals surface area contributed by atoms with Crippen LogP contribution in [0.1, 0.15) is 11.3 Å². The topological polar surface area (TPSA) is 88.8 Å². The molecule has 2 aromatic rings. The lowest BCUT2D eigenvalue weighted by molar-refractivity contribution is 0.591. The van der Waals surface area contributed by atoms with E-state index in [0.717, 1.165) is 16.8 Å². The minimum absolute atomic E-state index is 0.0585. The zero-order valence-corrected chi connectivity index (χ0v) is 10.5. The highest BCUT2D eigenvalue weighted by atomic mass is 32.2. The van der Waals surface area contributed by atoms with Crippen LogP contribution in [-0.4, -0.2) is 24.4 Å². The summed E-state index contributed by atoms with van der Waals surface area (Å²) in [5, 5.41) is 7.16. The van der Waals surface area contributed by atoms with Crippen molar-refractivity contribution in [2.24, 2.45) is 0 Å². The van der Waals surface area contributed by atoms with Crippen LogP contribution in [0.2, 0.25) is 0 Å². The Balaban J connectivity index is 2.13. The quantitative estimate of drug-likeness (QED) is 0.755. The molecule has 0 atom stereocenters. The number of aryl methyl sites for hydroxylation is 1. The summed E-state index contributed by atoms with van der Waals surface area (Å²) in [6, 6.07) is 7.31. The van der Waals surface area contributed by atoms with Gasteiger partial charge in [0.2, 0.25) is 0 Å². The number of nitrogens with two attached hydrogens (primary N) is 1. The number of hydrogen-bond acceptors (Lipinski definition) is 4. The van der Waals surface area contributed by atoms with Crippen molar-refractivity contribution >= 4 is 15.5 Å². The zero-order chi connectivity index (χ0) is 12.8. The number of rotatable bonds is 1. The highest BCUT2D eigenvalue weighted by Crippen LogP contribution is 2.29. The minimum atomic E-state index is -3.00. The first-order valence-electron chi connectivity index (χ1n) is 5.68. The first-order valence-corrected chi connectivity index (χ1v) is 7.50. The third-order valence-corrected chi connectivity index (χ3v) is 4.69. The first kappa shape index (κ1) is 11.3. The molecule has 0 unspecified atom stereocenters. The van der Waals surface area contributed by atoms with Crippen LogP contribution < -0.4 is 5.73 Å². The highest BCUT2D eigenvalue weighted by Gasteiger charge is 2.26. The number of aromatic amines is 1. The van der Waals surface area contributed by atoms with E-state index < -0.39 is 9.84 Å². The Morgan fingerprint density at radius 1 is 1.33 bits per heavy atom. The standard InChI is InChI=1S/C12H13N3O2S/c13-9-3-1-2-8(6-9)12-10-7-18(16,17)5-4-11(10)14-15-12/h1-3,6H,4-5,7,13H2,(H,14,15). The summed E-state index contributed by atoms with van der Waals surface area (Å²) in [6.45, 7) is 0. The molecule has 0 fully saturated rings. The average Bonchev–Trinajstić information content (AvgIpc) is 2.70. The van der Waals surface area contributed by atoms with E-state index in [-0.39, 0.29) is 11.5 Å². The number of nitrogens with one attached hydrogen (secondary N) is 1. The molecule has 6 heteroatoms. The van der Waals surface area contributed by atoms with Crippen LogP contribution in [0.3, 0.4) is 0 Å². The second-order valence-electron chi connectivity index (χ2n) is 4.50. The fourth-order valence-corrected chi connectivity index (χ4v) is 3.65. The summed E-state index contributed by atoms with van der Waals surface area (Å²) >= 11 is 0. The average molecular weight is 263 g/mol. The maximum atomic E-state index is 11.7. The Hall–Kier alpha value is -1.82. The maximum absolute atomic E-state index is 11.7. The van der Waals surface area contributed by atoms with Crippen molar-refractivity contribution < 1.29 is 8.42 Å². The highest BCUT2D eigenvalue weighted by molar-refractivity contribution is 7.90. The van der Waals surface area contributed by atoms with Gasteiger partial charge in [-0.2, -0.15) is 5.10 Å². The van der Waals surface area contributed by atoms with Crippen LogP contribution >= 0.6 is 0 Å². The minimum Gasteiger partial charge on any atom is -0.399 e. The van der Waals surface area contributed by atoms with E-state index in [9.17, 15) is 8.42 Å². The second-order valence-corrected chi connectivity index (χ2v) is 6.68. The molecule has 1 aromatic carbocycles. The van der Waals surface area contributed by atoms with Gasteiger partial charge in [-0.15, -0.1) is 0 Å². The summed E-state index contributed by atoms with van der Waals surface area (Å²) in [5.41, 5.74) is 9.63. The van der Waals surface area contributed by atoms with Crippen LogP contribution in [0, 0.1) is 0 Å². The Bertz CT molecular complexity index is 704. The van der Waals surface area contributed by atoms with E-state index in [1.807, 2.05) is 12.1 Å². The van der Waals surface area contributed by atoms with Gasteiger partial charge in [-0.05, 0) is 12.1 Å². The van der Waals surface area contributed by atoms with Crippen LogP contribution in [0.4, 0.5) is 5.69 Å². The Kier molecular flexibility index (Phi) is 2.41. The molecular weight excluding hydrogens is 250 g/mol. The molecule has 0 amide bonds. The molecular formula is C12H13N3O2S.